The monoisotopic (exact) mass is 706 g/mol. The zero-order valence-electron chi connectivity index (χ0n) is 30.8. The minimum Gasteiger partial charge on any atom is -0.504 e. The van der Waals surface area contributed by atoms with E-state index < -0.39 is 5.41 Å². The molecule has 0 amide bonds. The van der Waals surface area contributed by atoms with Gasteiger partial charge >= 0.3 is 11.9 Å². The number of piperidine rings is 3. The van der Waals surface area contributed by atoms with Crippen molar-refractivity contribution in [2.45, 2.75) is 94.5 Å². The van der Waals surface area contributed by atoms with E-state index in [1.54, 1.807) is 6.07 Å². The number of carbonyl (C=O) groups excluding carboxylic acids is 2. The first-order valence-corrected chi connectivity index (χ1v) is 19.6. The summed E-state index contributed by atoms with van der Waals surface area (Å²) in [6, 6.07) is 10.2. The van der Waals surface area contributed by atoms with Crippen LogP contribution in [0.5, 0.6) is 17.2 Å². The number of nitrogens with zero attached hydrogens (tertiary/aromatic N) is 2. The normalized spacial score (nSPS) is 35.3. The number of hydrogen-bond acceptors (Lipinski definition) is 9. The van der Waals surface area contributed by atoms with E-state index in [4.69, 9.17) is 14.2 Å². The number of fused-ring (bicyclic) bond motifs is 5. The molecule has 0 radical (unpaired) electrons. The van der Waals surface area contributed by atoms with E-state index in [0.29, 0.717) is 35.3 Å². The highest BCUT2D eigenvalue weighted by Gasteiger charge is 2.67. The number of aromatic nitrogens is 1. The zero-order chi connectivity index (χ0) is 35.7. The van der Waals surface area contributed by atoms with E-state index >= 15 is 0 Å². The van der Waals surface area contributed by atoms with Gasteiger partial charge in [0.15, 0.2) is 17.2 Å². The molecule has 3 aromatic rings. The molecule has 8 atom stereocenters. The Kier molecular flexibility index (Phi) is 7.05. The number of ether oxygens (including phenoxy) is 3. The van der Waals surface area contributed by atoms with E-state index in [1.807, 2.05) is 18.2 Å². The van der Waals surface area contributed by atoms with E-state index in [0.717, 1.165) is 117 Å². The Bertz CT molecular complexity index is 2070. The molecule has 10 nitrogen and oxygen atoms in total. The first-order valence-electron chi connectivity index (χ1n) is 19.6. The van der Waals surface area contributed by atoms with Crippen molar-refractivity contribution in [3.05, 3.63) is 58.4 Å². The SMILES string of the molecule is CC[C@@H]1C[C@@H]2CN3CCc4c([nH]c5c(Oc6cccc7c6NC6=C(C(=O)OC)C[C@]8(CC)CCCN9CC[C@@]67[C@@H]98)c(O)ccc45)[C@@](C(=O)OC)(C2)[C@@H]13. The molecular formula is C42H50N4O6. The number of phenols is 1. The number of aromatic hydroxyl groups is 1. The summed E-state index contributed by atoms with van der Waals surface area (Å²) >= 11 is 0. The highest BCUT2D eigenvalue weighted by Crippen LogP contribution is 2.66. The highest BCUT2D eigenvalue weighted by molar-refractivity contribution is 5.97. The molecule has 1 saturated carbocycles. The summed E-state index contributed by atoms with van der Waals surface area (Å²) in [6.07, 6.45) is 8.53. The number of para-hydroxylation sites is 1. The van der Waals surface area contributed by atoms with Gasteiger partial charge in [-0.25, -0.2) is 4.79 Å². The quantitative estimate of drug-likeness (QED) is 0.247. The Morgan fingerprint density at radius 1 is 1.04 bits per heavy atom. The number of esters is 2. The second kappa shape index (κ2) is 11.2. The first kappa shape index (κ1) is 32.6. The standard InChI is InChI=1S/C42H50N4O6/c1-5-24-19-23-20-42(39(49)51-4)34-26(13-17-46(22-23)36(24)42)25-11-12-29(47)33(31(25)43-34)52-30-10-7-9-28-32(30)44-35-27(37(48)50-3)21-40(6-2)14-8-16-45-18-15-41(28,35)38(40)45/h7,9-12,23-24,36,38,43-44,47H,5-6,8,13-22H2,1-4H3/t23-,24+,36+,38-,40-,41-,42-/m0/s1. The summed E-state index contributed by atoms with van der Waals surface area (Å²) in [6.45, 7) is 8.47. The second-order valence-electron chi connectivity index (χ2n) is 16.8. The molecule has 1 unspecified atom stereocenters. The molecule has 4 saturated heterocycles. The van der Waals surface area contributed by atoms with Crippen molar-refractivity contribution in [2.75, 3.05) is 45.7 Å². The summed E-state index contributed by atoms with van der Waals surface area (Å²) < 4.78 is 18.0. The van der Waals surface area contributed by atoms with Gasteiger partial charge in [-0.2, -0.15) is 0 Å². The van der Waals surface area contributed by atoms with Crippen LogP contribution < -0.4 is 10.1 Å². The first-order chi connectivity index (χ1) is 25.2. The maximum absolute atomic E-state index is 14.1. The fraction of sp³-hybridized carbons (Fsp3) is 0.571. The lowest BCUT2D eigenvalue weighted by molar-refractivity contribution is -0.162. The van der Waals surface area contributed by atoms with Gasteiger partial charge in [0.1, 0.15) is 5.41 Å². The highest BCUT2D eigenvalue weighted by atomic mass is 16.5. The number of aromatic amines is 1. The Morgan fingerprint density at radius 2 is 1.90 bits per heavy atom. The lowest BCUT2D eigenvalue weighted by atomic mass is 9.53. The van der Waals surface area contributed by atoms with Gasteiger partial charge in [0, 0.05) is 42.0 Å². The lowest BCUT2D eigenvalue weighted by Gasteiger charge is -2.57. The minimum absolute atomic E-state index is 0.0195. The summed E-state index contributed by atoms with van der Waals surface area (Å²) in [5.74, 6) is 1.35. The average molecular weight is 707 g/mol. The molecule has 274 valence electrons. The Morgan fingerprint density at radius 3 is 2.69 bits per heavy atom. The molecule has 52 heavy (non-hydrogen) atoms. The molecule has 7 heterocycles. The third-order valence-electron chi connectivity index (χ3n) is 15.0. The van der Waals surface area contributed by atoms with Crippen LogP contribution in [-0.4, -0.2) is 84.3 Å². The molecule has 2 aliphatic carbocycles. The molecule has 6 aliphatic heterocycles. The van der Waals surface area contributed by atoms with E-state index in [1.165, 1.54) is 14.2 Å². The van der Waals surface area contributed by atoms with Crippen LogP contribution in [0.25, 0.3) is 10.9 Å². The Hall–Kier alpha value is -4.02. The van der Waals surface area contributed by atoms with Gasteiger partial charge in [-0.05, 0) is 111 Å². The van der Waals surface area contributed by atoms with E-state index in [9.17, 15) is 14.7 Å². The number of hydrogen-bond donors (Lipinski definition) is 3. The van der Waals surface area contributed by atoms with Crippen molar-refractivity contribution in [3.63, 3.8) is 0 Å². The van der Waals surface area contributed by atoms with Crippen molar-refractivity contribution in [1.82, 2.24) is 14.8 Å². The van der Waals surface area contributed by atoms with Gasteiger partial charge in [0.2, 0.25) is 0 Å². The van der Waals surface area contributed by atoms with Crippen LogP contribution in [0.4, 0.5) is 5.69 Å². The molecule has 10 heteroatoms. The molecule has 1 spiro atoms. The molecule has 5 fully saturated rings. The smallest absolute Gasteiger partial charge is 0.335 e. The van der Waals surface area contributed by atoms with E-state index in [2.05, 4.69) is 40.0 Å². The average Bonchev–Trinajstić information content (AvgIpc) is 3.85. The molecule has 8 aliphatic rings. The van der Waals surface area contributed by atoms with Gasteiger partial charge in [-0.1, -0.05) is 32.4 Å². The van der Waals surface area contributed by atoms with Crippen LogP contribution >= 0.6 is 0 Å². The van der Waals surface area contributed by atoms with Gasteiger partial charge in [0.05, 0.1) is 36.4 Å². The number of phenolic OH excluding ortho intramolecular Hbond substituents is 1. The fourth-order valence-corrected chi connectivity index (χ4v) is 13.2. The summed E-state index contributed by atoms with van der Waals surface area (Å²) in [5, 5.41) is 16.3. The number of H-pyrrole nitrogens is 1. The maximum Gasteiger partial charge on any atom is 0.335 e. The number of benzene rings is 2. The van der Waals surface area contributed by atoms with Crippen LogP contribution in [0, 0.1) is 17.3 Å². The number of rotatable bonds is 6. The number of methoxy groups -OCH3 is 2. The van der Waals surface area contributed by atoms with Gasteiger partial charge < -0.3 is 29.6 Å². The van der Waals surface area contributed by atoms with Crippen LogP contribution in [-0.2, 0) is 36.3 Å². The van der Waals surface area contributed by atoms with Crippen molar-refractivity contribution >= 4 is 28.5 Å². The summed E-state index contributed by atoms with van der Waals surface area (Å²) in [4.78, 5) is 36.7. The molecular weight excluding hydrogens is 656 g/mol. The number of nitrogens with one attached hydrogen (secondary N) is 2. The summed E-state index contributed by atoms with van der Waals surface area (Å²) in [5.41, 5.74) is 5.23. The maximum atomic E-state index is 14.1. The largest absolute Gasteiger partial charge is 0.504 e. The number of anilines is 1. The molecule has 2 aromatic carbocycles. The van der Waals surface area contributed by atoms with Crippen LogP contribution in [0.15, 0.2) is 41.6 Å². The number of carbonyl (C=O) groups is 2. The second-order valence-corrected chi connectivity index (χ2v) is 16.8. The van der Waals surface area contributed by atoms with Gasteiger partial charge in [-0.15, -0.1) is 0 Å². The fourth-order valence-electron chi connectivity index (χ4n) is 13.2. The lowest BCUT2D eigenvalue weighted by Crippen LogP contribution is -2.67. The van der Waals surface area contributed by atoms with Gasteiger partial charge in [0.25, 0.3) is 0 Å². The molecule has 4 bridgehead atoms. The molecule has 11 rings (SSSR count). The minimum atomic E-state index is -0.810. The zero-order valence-corrected chi connectivity index (χ0v) is 30.8. The topological polar surface area (TPSA) is 116 Å². The predicted molar refractivity (Wildman–Crippen MR) is 197 cm³/mol. The van der Waals surface area contributed by atoms with Crippen molar-refractivity contribution in [1.29, 1.82) is 0 Å². The van der Waals surface area contributed by atoms with Crippen LogP contribution in [0.3, 0.4) is 0 Å². The van der Waals surface area contributed by atoms with Crippen molar-refractivity contribution < 1.29 is 28.9 Å². The van der Waals surface area contributed by atoms with Crippen molar-refractivity contribution in [2.24, 2.45) is 17.3 Å². The van der Waals surface area contributed by atoms with Gasteiger partial charge in [-0.3, -0.25) is 14.6 Å². The van der Waals surface area contributed by atoms with E-state index in [-0.39, 0.29) is 40.6 Å². The Balaban J connectivity index is 1.13. The van der Waals surface area contributed by atoms with Crippen LogP contribution in [0.2, 0.25) is 0 Å². The van der Waals surface area contributed by atoms with Crippen molar-refractivity contribution in [3.8, 4) is 17.2 Å². The molecule has 3 N–H and O–H groups in total. The Labute approximate surface area is 304 Å². The third kappa shape index (κ3) is 3.92. The van der Waals surface area contributed by atoms with Crippen LogP contribution in [0.1, 0.15) is 82.0 Å². The third-order valence-corrected chi connectivity index (χ3v) is 15.0. The summed E-state index contributed by atoms with van der Waals surface area (Å²) in [7, 11) is 3.00. The molecule has 1 aromatic heterocycles. The predicted octanol–water partition coefficient (Wildman–Crippen LogP) is 6.51.